The van der Waals surface area contributed by atoms with Crippen molar-refractivity contribution in [3.8, 4) is 11.6 Å². The summed E-state index contributed by atoms with van der Waals surface area (Å²) in [5.41, 5.74) is 0.547. The number of carbonyl (C=O) groups excluding carboxylic acids is 2. The molecule has 2 amide bonds. The van der Waals surface area contributed by atoms with E-state index in [1.165, 1.54) is 9.70 Å². The molecule has 10 nitrogen and oxygen atoms in total. The van der Waals surface area contributed by atoms with Crippen LogP contribution in [0.15, 0.2) is 65.3 Å². The Balaban J connectivity index is 1.72. The molecule has 0 saturated heterocycles. The normalized spacial score (nSPS) is 12.2. The number of aryl methyl sites for hydroxylation is 1. The third-order valence-corrected chi connectivity index (χ3v) is 5.34. The summed E-state index contributed by atoms with van der Waals surface area (Å²) in [6.07, 6.45) is 3.15. The highest BCUT2D eigenvalue weighted by Crippen LogP contribution is 2.30. The Morgan fingerprint density at radius 1 is 1.08 bits per heavy atom. The number of hydrogen-bond donors (Lipinski definition) is 1. The van der Waals surface area contributed by atoms with Crippen LogP contribution in [0.25, 0.3) is 11.6 Å². The Labute approximate surface area is 213 Å². The minimum Gasteiger partial charge on any atom is -0.458 e. The van der Waals surface area contributed by atoms with Crippen molar-refractivity contribution in [3.05, 3.63) is 77.3 Å². The molecule has 4 rings (SSSR count). The van der Waals surface area contributed by atoms with Crippen LogP contribution in [0.5, 0.6) is 0 Å². The van der Waals surface area contributed by atoms with Crippen molar-refractivity contribution in [1.82, 2.24) is 30.5 Å². The van der Waals surface area contributed by atoms with Gasteiger partial charge < -0.3 is 9.73 Å². The van der Waals surface area contributed by atoms with Gasteiger partial charge >= 0.3 is 0 Å². The van der Waals surface area contributed by atoms with Crippen molar-refractivity contribution in [2.45, 2.75) is 45.8 Å². The molecule has 36 heavy (non-hydrogen) atoms. The highest BCUT2D eigenvalue weighted by Gasteiger charge is 2.35. The van der Waals surface area contributed by atoms with Crippen LogP contribution in [-0.2, 0) is 16.1 Å². The zero-order valence-corrected chi connectivity index (χ0v) is 21.1. The van der Waals surface area contributed by atoms with E-state index in [4.69, 9.17) is 16.0 Å². The molecule has 0 bridgehead atoms. The van der Waals surface area contributed by atoms with E-state index in [1.807, 2.05) is 27.7 Å². The molecule has 0 spiro atoms. The average molecular weight is 508 g/mol. The smallest absolute Gasteiger partial charge is 0.251 e. The number of benzene rings is 1. The van der Waals surface area contributed by atoms with Gasteiger partial charge in [-0.05, 0) is 87.0 Å². The number of aromatic nitrogens is 5. The predicted octanol–water partition coefficient (Wildman–Crippen LogP) is 3.98. The van der Waals surface area contributed by atoms with Gasteiger partial charge in [0.25, 0.3) is 5.91 Å². The Morgan fingerprint density at radius 3 is 2.39 bits per heavy atom. The molecule has 0 radical (unpaired) electrons. The first-order valence-corrected chi connectivity index (χ1v) is 11.6. The molecule has 4 aromatic rings. The summed E-state index contributed by atoms with van der Waals surface area (Å²) in [6.45, 7) is 7.17. The lowest BCUT2D eigenvalue weighted by Gasteiger charge is -2.33. The fraction of sp³-hybridized carbons (Fsp3) is 0.280. The van der Waals surface area contributed by atoms with Crippen molar-refractivity contribution in [1.29, 1.82) is 0 Å². The van der Waals surface area contributed by atoms with Crippen LogP contribution in [0.3, 0.4) is 0 Å². The van der Waals surface area contributed by atoms with Crippen molar-refractivity contribution < 1.29 is 14.0 Å². The standard InChI is InChI=1S/C25H26ClN7O3/c1-16-5-10-20(36-16)23-29-31-32(30-23)15-21(34)33(19-8-6-18(26)7-9-19)22(17-11-13-27-14-12-17)24(35)28-25(2,3)4/h5-14,22H,15H2,1-4H3,(H,28,35)/t22-/m0/s1. The van der Waals surface area contributed by atoms with Gasteiger partial charge in [0.05, 0.1) is 0 Å². The number of pyridine rings is 1. The lowest BCUT2D eigenvalue weighted by molar-refractivity contribution is -0.128. The van der Waals surface area contributed by atoms with Crippen molar-refractivity contribution in [3.63, 3.8) is 0 Å². The zero-order valence-electron chi connectivity index (χ0n) is 20.3. The summed E-state index contributed by atoms with van der Waals surface area (Å²) < 4.78 is 5.54. The van der Waals surface area contributed by atoms with Gasteiger partial charge in [0.1, 0.15) is 18.3 Å². The van der Waals surface area contributed by atoms with Crippen LogP contribution in [0.1, 0.15) is 38.1 Å². The van der Waals surface area contributed by atoms with Gasteiger partial charge in [0.2, 0.25) is 11.7 Å². The van der Waals surface area contributed by atoms with E-state index in [0.29, 0.717) is 27.8 Å². The van der Waals surface area contributed by atoms with E-state index in [-0.39, 0.29) is 18.3 Å². The van der Waals surface area contributed by atoms with Gasteiger partial charge in [0, 0.05) is 28.6 Å². The molecule has 0 aliphatic heterocycles. The van der Waals surface area contributed by atoms with E-state index in [2.05, 4.69) is 25.7 Å². The van der Waals surface area contributed by atoms with Gasteiger partial charge in [-0.2, -0.15) is 4.80 Å². The Hall–Kier alpha value is -4.05. The summed E-state index contributed by atoms with van der Waals surface area (Å²) in [4.78, 5) is 34.0. The number of hydrogen-bond acceptors (Lipinski definition) is 7. The Bertz CT molecular complexity index is 1340. The molecule has 1 aromatic carbocycles. The number of rotatable bonds is 7. The summed E-state index contributed by atoms with van der Waals surface area (Å²) in [5.74, 6) is 0.625. The number of nitrogens with zero attached hydrogens (tertiary/aromatic N) is 6. The molecule has 1 N–H and O–H groups in total. The topological polar surface area (TPSA) is 119 Å². The summed E-state index contributed by atoms with van der Waals surface area (Å²) in [6, 6.07) is 12.6. The SMILES string of the molecule is Cc1ccc(-c2nnn(CC(=O)N(c3ccc(Cl)cc3)[C@H](C(=O)NC(C)(C)C)c3ccncc3)n2)o1. The number of furan rings is 1. The van der Waals surface area contributed by atoms with Gasteiger partial charge in [-0.25, -0.2) is 0 Å². The molecule has 3 heterocycles. The van der Waals surface area contributed by atoms with Crippen LogP contribution >= 0.6 is 11.6 Å². The second-order valence-corrected chi connectivity index (χ2v) is 9.65. The second kappa shape index (κ2) is 10.3. The van der Waals surface area contributed by atoms with Crippen LogP contribution in [0.4, 0.5) is 5.69 Å². The molecule has 186 valence electrons. The summed E-state index contributed by atoms with van der Waals surface area (Å²) >= 11 is 6.10. The maximum absolute atomic E-state index is 13.8. The number of tetrazole rings is 1. The lowest BCUT2D eigenvalue weighted by atomic mass is 10.0. The van der Waals surface area contributed by atoms with E-state index in [1.54, 1.807) is 60.9 Å². The maximum Gasteiger partial charge on any atom is 0.251 e. The van der Waals surface area contributed by atoms with Crippen molar-refractivity contribution >= 4 is 29.1 Å². The second-order valence-electron chi connectivity index (χ2n) is 9.22. The quantitative estimate of drug-likeness (QED) is 0.401. The number of amides is 2. The largest absolute Gasteiger partial charge is 0.458 e. The van der Waals surface area contributed by atoms with Crippen molar-refractivity contribution in [2.75, 3.05) is 4.90 Å². The highest BCUT2D eigenvalue weighted by atomic mass is 35.5. The number of anilines is 1. The fourth-order valence-electron chi connectivity index (χ4n) is 3.60. The van der Waals surface area contributed by atoms with E-state index >= 15 is 0 Å². The molecule has 0 fully saturated rings. The van der Waals surface area contributed by atoms with Crippen LogP contribution < -0.4 is 10.2 Å². The first-order valence-electron chi connectivity index (χ1n) is 11.2. The molecule has 0 unspecified atom stereocenters. The van der Waals surface area contributed by atoms with Crippen LogP contribution in [0, 0.1) is 6.92 Å². The predicted molar refractivity (Wildman–Crippen MR) is 134 cm³/mol. The number of nitrogens with one attached hydrogen (secondary N) is 1. The van der Waals surface area contributed by atoms with Crippen molar-refractivity contribution in [2.24, 2.45) is 0 Å². The number of carbonyl (C=O) groups is 2. The molecular weight excluding hydrogens is 482 g/mol. The van der Waals surface area contributed by atoms with E-state index in [0.717, 1.165) is 0 Å². The molecule has 3 aromatic heterocycles. The molecular formula is C25H26ClN7O3. The van der Waals surface area contributed by atoms with Gasteiger partial charge in [-0.1, -0.05) is 11.6 Å². The number of halogens is 1. The Kier molecular flexibility index (Phi) is 7.16. The minimum atomic E-state index is -0.989. The van der Waals surface area contributed by atoms with Gasteiger partial charge in [-0.15, -0.1) is 10.2 Å². The van der Waals surface area contributed by atoms with E-state index < -0.39 is 17.5 Å². The maximum atomic E-state index is 13.8. The molecule has 0 aliphatic rings. The third kappa shape index (κ3) is 5.95. The monoisotopic (exact) mass is 507 g/mol. The summed E-state index contributed by atoms with van der Waals surface area (Å²) in [5, 5.41) is 15.8. The fourth-order valence-corrected chi connectivity index (χ4v) is 3.73. The Morgan fingerprint density at radius 2 is 1.78 bits per heavy atom. The molecule has 1 atom stereocenters. The lowest BCUT2D eigenvalue weighted by Crippen LogP contribution is -2.50. The van der Waals surface area contributed by atoms with Crippen LogP contribution in [-0.4, -0.2) is 42.5 Å². The van der Waals surface area contributed by atoms with Gasteiger partial charge in [-0.3, -0.25) is 19.5 Å². The molecule has 11 heteroatoms. The van der Waals surface area contributed by atoms with Gasteiger partial charge in [0.15, 0.2) is 5.76 Å². The minimum absolute atomic E-state index is 0.255. The first kappa shape index (κ1) is 25.1. The molecule has 0 aliphatic carbocycles. The zero-order chi connectivity index (χ0) is 25.9. The first-order chi connectivity index (χ1) is 17.1. The summed E-state index contributed by atoms with van der Waals surface area (Å²) in [7, 11) is 0. The molecule has 0 saturated carbocycles. The highest BCUT2D eigenvalue weighted by molar-refractivity contribution is 6.30. The average Bonchev–Trinajstić information content (AvgIpc) is 3.46. The van der Waals surface area contributed by atoms with E-state index in [9.17, 15) is 9.59 Å². The van der Waals surface area contributed by atoms with Crippen LogP contribution in [0.2, 0.25) is 5.02 Å². The third-order valence-electron chi connectivity index (χ3n) is 5.09.